The van der Waals surface area contributed by atoms with Gasteiger partial charge in [0.25, 0.3) is 0 Å². The number of carbonyl (C=O) groups is 1. The van der Waals surface area contributed by atoms with E-state index >= 15 is 0 Å². The second kappa shape index (κ2) is 6.71. The number of phenolic OH excluding ortho intramolecular Hbond substituents is 2. The molecule has 1 amide bonds. The number of aryl methyl sites for hydroxylation is 1. The summed E-state index contributed by atoms with van der Waals surface area (Å²) < 4.78 is 0. The van der Waals surface area contributed by atoms with Crippen molar-refractivity contribution in [2.24, 2.45) is 5.92 Å². The van der Waals surface area contributed by atoms with E-state index in [2.05, 4.69) is 5.32 Å². The zero-order valence-electron chi connectivity index (χ0n) is 12.4. The molecule has 4 nitrogen and oxygen atoms in total. The molecule has 0 aliphatic heterocycles. The minimum atomic E-state index is -0.288. The summed E-state index contributed by atoms with van der Waals surface area (Å²) in [6, 6.07) is 9.92. The maximum Gasteiger partial charge on any atom is 0.227 e. The van der Waals surface area contributed by atoms with Crippen LogP contribution in [0.25, 0.3) is 0 Å². The summed E-state index contributed by atoms with van der Waals surface area (Å²) in [5, 5.41) is 22.2. The van der Waals surface area contributed by atoms with Gasteiger partial charge in [0.15, 0.2) is 11.5 Å². The molecule has 0 bridgehead atoms. The predicted octanol–water partition coefficient (Wildman–Crippen LogP) is 3.88. The molecule has 5 heteroatoms. The number of aromatic hydroxyl groups is 2. The SMILES string of the molecule is Cc1ccc(NC(=O)C(C)Cc2ccc(O)c(O)c2)cc1Cl. The zero-order chi connectivity index (χ0) is 16.3. The molecular formula is C17H18ClNO3. The molecule has 1 atom stereocenters. The van der Waals surface area contributed by atoms with Gasteiger partial charge in [-0.3, -0.25) is 4.79 Å². The van der Waals surface area contributed by atoms with Gasteiger partial charge in [-0.2, -0.15) is 0 Å². The highest BCUT2D eigenvalue weighted by Gasteiger charge is 2.15. The Morgan fingerprint density at radius 3 is 2.55 bits per heavy atom. The number of benzene rings is 2. The molecule has 2 aromatic rings. The lowest BCUT2D eigenvalue weighted by Crippen LogP contribution is -2.22. The second-order valence-corrected chi connectivity index (χ2v) is 5.79. The Morgan fingerprint density at radius 1 is 1.18 bits per heavy atom. The summed E-state index contributed by atoms with van der Waals surface area (Å²) in [7, 11) is 0. The molecule has 0 aliphatic carbocycles. The number of phenols is 2. The van der Waals surface area contributed by atoms with Gasteiger partial charge in [-0.1, -0.05) is 30.7 Å². The number of anilines is 1. The van der Waals surface area contributed by atoms with Gasteiger partial charge in [0.2, 0.25) is 5.91 Å². The molecule has 2 aromatic carbocycles. The molecule has 0 radical (unpaired) electrons. The van der Waals surface area contributed by atoms with Crippen LogP contribution in [0.1, 0.15) is 18.1 Å². The van der Waals surface area contributed by atoms with Crippen molar-refractivity contribution in [3.63, 3.8) is 0 Å². The number of hydrogen-bond acceptors (Lipinski definition) is 3. The molecule has 22 heavy (non-hydrogen) atoms. The molecular weight excluding hydrogens is 302 g/mol. The smallest absolute Gasteiger partial charge is 0.227 e. The first kappa shape index (κ1) is 16.2. The standard InChI is InChI=1S/C17H18ClNO3/c1-10-3-5-13(9-14(10)18)19-17(22)11(2)7-12-4-6-15(20)16(21)8-12/h3-6,8-9,11,20-21H,7H2,1-2H3,(H,19,22). The van der Waals surface area contributed by atoms with Crippen LogP contribution in [0.5, 0.6) is 11.5 Å². The first-order valence-corrected chi connectivity index (χ1v) is 7.32. The van der Waals surface area contributed by atoms with Crippen molar-refractivity contribution in [3.05, 3.63) is 52.5 Å². The van der Waals surface area contributed by atoms with E-state index in [-0.39, 0.29) is 23.3 Å². The Kier molecular flexibility index (Phi) is 4.93. The number of carbonyl (C=O) groups excluding carboxylic acids is 1. The van der Waals surface area contributed by atoms with E-state index in [0.29, 0.717) is 17.1 Å². The van der Waals surface area contributed by atoms with Gasteiger partial charge < -0.3 is 15.5 Å². The normalized spacial score (nSPS) is 12.0. The fourth-order valence-corrected chi connectivity index (χ4v) is 2.26. The molecule has 1 unspecified atom stereocenters. The van der Waals surface area contributed by atoms with Crippen molar-refractivity contribution in [3.8, 4) is 11.5 Å². The lowest BCUT2D eigenvalue weighted by atomic mass is 10.00. The van der Waals surface area contributed by atoms with Gasteiger partial charge in [-0.25, -0.2) is 0 Å². The Labute approximate surface area is 134 Å². The summed E-state index contributed by atoms with van der Waals surface area (Å²) in [6.07, 6.45) is 0.458. The highest BCUT2D eigenvalue weighted by Crippen LogP contribution is 2.26. The highest BCUT2D eigenvalue weighted by molar-refractivity contribution is 6.31. The second-order valence-electron chi connectivity index (χ2n) is 5.38. The van der Waals surface area contributed by atoms with Gasteiger partial charge in [-0.15, -0.1) is 0 Å². The van der Waals surface area contributed by atoms with Crippen LogP contribution in [-0.2, 0) is 11.2 Å². The Bertz CT molecular complexity index is 700. The van der Waals surface area contributed by atoms with Crippen molar-refractivity contribution in [1.82, 2.24) is 0 Å². The topological polar surface area (TPSA) is 69.6 Å². The highest BCUT2D eigenvalue weighted by atomic mass is 35.5. The van der Waals surface area contributed by atoms with E-state index < -0.39 is 0 Å². The molecule has 116 valence electrons. The van der Waals surface area contributed by atoms with Crippen LogP contribution in [0.4, 0.5) is 5.69 Å². The average Bonchev–Trinajstić information content (AvgIpc) is 2.46. The number of halogens is 1. The van der Waals surface area contributed by atoms with Gasteiger partial charge in [0, 0.05) is 16.6 Å². The van der Waals surface area contributed by atoms with E-state index in [9.17, 15) is 15.0 Å². The molecule has 3 N–H and O–H groups in total. The van der Waals surface area contributed by atoms with Crippen molar-refractivity contribution in [2.75, 3.05) is 5.32 Å². The van der Waals surface area contributed by atoms with Crippen LogP contribution in [0.2, 0.25) is 5.02 Å². The molecule has 2 rings (SSSR count). The van der Waals surface area contributed by atoms with E-state index in [0.717, 1.165) is 11.1 Å². The molecule has 0 fully saturated rings. The molecule has 0 spiro atoms. The Morgan fingerprint density at radius 2 is 1.91 bits per heavy atom. The molecule has 0 saturated heterocycles. The molecule has 0 aromatic heterocycles. The molecule has 0 aliphatic rings. The Hall–Kier alpha value is -2.20. The summed E-state index contributed by atoms with van der Waals surface area (Å²) in [4.78, 5) is 12.2. The fourth-order valence-electron chi connectivity index (χ4n) is 2.08. The minimum absolute atomic E-state index is 0.132. The van der Waals surface area contributed by atoms with Crippen LogP contribution in [-0.4, -0.2) is 16.1 Å². The lowest BCUT2D eigenvalue weighted by molar-refractivity contribution is -0.119. The quantitative estimate of drug-likeness (QED) is 0.749. The third-order valence-electron chi connectivity index (χ3n) is 3.47. The predicted molar refractivity (Wildman–Crippen MR) is 87.5 cm³/mol. The van der Waals surface area contributed by atoms with Crippen molar-refractivity contribution < 1.29 is 15.0 Å². The third-order valence-corrected chi connectivity index (χ3v) is 3.88. The average molecular weight is 320 g/mol. The van der Waals surface area contributed by atoms with Gasteiger partial charge >= 0.3 is 0 Å². The summed E-state index contributed by atoms with van der Waals surface area (Å²) in [5.74, 6) is -0.776. The zero-order valence-corrected chi connectivity index (χ0v) is 13.2. The summed E-state index contributed by atoms with van der Waals surface area (Å²) >= 11 is 6.04. The van der Waals surface area contributed by atoms with Crippen LogP contribution < -0.4 is 5.32 Å². The number of hydrogen-bond donors (Lipinski definition) is 3. The fraction of sp³-hybridized carbons (Fsp3) is 0.235. The van der Waals surface area contributed by atoms with Gasteiger partial charge in [0.1, 0.15) is 0 Å². The maximum atomic E-state index is 12.2. The van der Waals surface area contributed by atoms with Crippen LogP contribution in [0.15, 0.2) is 36.4 Å². The van der Waals surface area contributed by atoms with Crippen molar-refractivity contribution >= 4 is 23.2 Å². The van der Waals surface area contributed by atoms with Gasteiger partial charge in [-0.05, 0) is 48.7 Å². The Balaban J connectivity index is 2.02. The monoisotopic (exact) mass is 319 g/mol. The lowest BCUT2D eigenvalue weighted by Gasteiger charge is -2.13. The van der Waals surface area contributed by atoms with E-state index in [1.54, 1.807) is 25.1 Å². The van der Waals surface area contributed by atoms with E-state index in [1.807, 2.05) is 13.0 Å². The largest absolute Gasteiger partial charge is 0.504 e. The van der Waals surface area contributed by atoms with E-state index in [4.69, 9.17) is 11.6 Å². The number of rotatable bonds is 4. The van der Waals surface area contributed by atoms with Crippen LogP contribution in [0, 0.1) is 12.8 Å². The first-order chi connectivity index (χ1) is 10.4. The number of nitrogens with one attached hydrogen (secondary N) is 1. The third kappa shape index (κ3) is 3.92. The van der Waals surface area contributed by atoms with Crippen molar-refractivity contribution in [2.45, 2.75) is 20.3 Å². The van der Waals surface area contributed by atoms with E-state index in [1.165, 1.54) is 12.1 Å². The molecule has 0 heterocycles. The molecule has 0 saturated carbocycles. The first-order valence-electron chi connectivity index (χ1n) is 6.94. The van der Waals surface area contributed by atoms with Crippen molar-refractivity contribution in [1.29, 1.82) is 0 Å². The maximum absolute atomic E-state index is 12.2. The van der Waals surface area contributed by atoms with Gasteiger partial charge in [0.05, 0.1) is 0 Å². The summed E-state index contributed by atoms with van der Waals surface area (Å²) in [5.41, 5.74) is 2.38. The minimum Gasteiger partial charge on any atom is -0.504 e. The summed E-state index contributed by atoms with van der Waals surface area (Å²) in [6.45, 7) is 3.70. The van der Waals surface area contributed by atoms with Crippen LogP contribution >= 0.6 is 11.6 Å². The number of amides is 1. The van der Waals surface area contributed by atoms with Crippen LogP contribution in [0.3, 0.4) is 0 Å².